The third kappa shape index (κ3) is 4.92. The van der Waals surface area contributed by atoms with Crippen LogP contribution in [-0.2, 0) is 9.53 Å². The third-order valence-electron chi connectivity index (χ3n) is 3.38. The van der Waals surface area contributed by atoms with Gasteiger partial charge in [-0.3, -0.25) is 9.59 Å². The first-order chi connectivity index (χ1) is 11.5. The molecule has 128 valence electrons. The Balaban J connectivity index is 2.05. The van der Waals surface area contributed by atoms with Gasteiger partial charge in [-0.2, -0.15) is 0 Å². The maximum absolute atomic E-state index is 12.6. The van der Waals surface area contributed by atoms with Crippen LogP contribution in [0.2, 0.25) is 0 Å². The largest absolute Gasteiger partial charge is 0.383 e. The Morgan fingerprint density at radius 2 is 1.96 bits per heavy atom. The van der Waals surface area contributed by atoms with Crippen molar-refractivity contribution in [3.63, 3.8) is 0 Å². The minimum atomic E-state index is -0.347. The van der Waals surface area contributed by atoms with Crippen molar-refractivity contribution in [1.29, 1.82) is 0 Å². The molecule has 0 saturated heterocycles. The summed E-state index contributed by atoms with van der Waals surface area (Å²) >= 11 is 0. The quantitative estimate of drug-likeness (QED) is 0.839. The van der Waals surface area contributed by atoms with Crippen molar-refractivity contribution in [3.05, 3.63) is 47.2 Å². The van der Waals surface area contributed by atoms with Crippen LogP contribution in [0.25, 0.3) is 0 Å². The van der Waals surface area contributed by atoms with Gasteiger partial charge in [0.1, 0.15) is 12.3 Å². The maximum Gasteiger partial charge on any atom is 0.254 e. The third-order valence-corrected chi connectivity index (χ3v) is 3.38. The zero-order chi connectivity index (χ0) is 17.5. The average molecular weight is 331 g/mol. The summed E-state index contributed by atoms with van der Waals surface area (Å²) in [7, 11) is 1.55. The van der Waals surface area contributed by atoms with Crippen molar-refractivity contribution in [2.24, 2.45) is 0 Å². The number of carbonyl (C=O) groups is 2. The molecule has 0 fully saturated rings. The standard InChI is InChI=1S/C17H21N3O4/c1-12-4-6-14(7-5-12)17(22)20(8-9-23-3)11-16(21)18-15-10-13(2)24-19-15/h4-7,10H,8-9,11H2,1-3H3,(H,18,19,21). The maximum atomic E-state index is 12.6. The van der Waals surface area contributed by atoms with Gasteiger partial charge in [-0.1, -0.05) is 22.9 Å². The summed E-state index contributed by atoms with van der Waals surface area (Å²) in [6.45, 7) is 4.24. The number of ether oxygens (including phenoxy) is 1. The van der Waals surface area contributed by atoms with Gasteiger partial charge in [0.15, 0.2) is 5.82 Å². The molecule has 0 aliphatic carbocycles. The highest BCUT2D eigenvalue weighted by molar-refractivity contribution is 5.99. The van der Waals surface area contributed by atoms with E-state index in [-0.39, 0.29) is 18.4 Å². The predicted molar refractivity (Wildman–Crippen MR) is 88.8 cm³/mol. The van der Waals surface area contributed by atoms with E-state index < -0.39 is 0 Å². The van der Waals surface area contributed by atoms with Crippen molar-refractivity contribution < 1.29 is 18.8 Å². The topological polar surface area (TPSA) is 84.7 Å². The smallest absolute Gasteiger partial charge is 0.254 e. The number of aromatic nitrogens is 1. The SMILES string of the molecule is COCCN(CC(=O)Nc1cc(C)on1)C(=O)c1ccc(C)cc1. The molecule has 7 nitrogen and oxygen atoms in total. The Morgan fingerprint density at radius 3 is 2.54 bits per heavy atom. The number of carbonyl (C=O) groups excluding carboxylic acids is 2. The highest BCUT2D eigenvalue weighted by Crippen LogP contribution is 2.09. The molecule has 7 heteroatoms. The van der Waals surface area contributed by atoms with E-state index in [1.165, 1.54) is 4.90 Å². The molecule has 0 radical (unpaired) electrons. The highest BCUT2D eigenvalue weighted by atomic mass is 16.5. The van der Waals surface area contributed by atoms with E-state index in [9.17, 15) is 9.59 Å². The van der Waals surface area contributed by atoms with Crippen LogP contribution in [0.1, 0.15) is 21.7 Å². The monoisotopic (exact) mass is 331 g/mol. The minimum Gasteiger partial charge on any atom is -0.383 e. The number of nitrogens with zero attached hydrogens (tertiary/aromatic N) is 2. The van der Waals surface area contributed by atoms with Crippen LogP contribution in [0.5, 0.6) is 0 Å². The lowest BCUT2D eigenvalue weighted by Gasteiger charge is -2.21. The van der Waals surface area contributed by atoms with Crippen molar-refractivity contribution >= 4 is 17.6 Å². The van der Waals surface area contributed by atoms with Gasteiger partial charge in [-0.15, -0.1) is 0 Å². The molecule has 0 bridgehead atoms. The number of benzene rings is 1. The molecule has 1 N–H and O–H groups in total. The van der Waals surface area contributed by atoms with Crippen LogP contribution in [-0.4, -0.2) is 48.7 Å². The van der Waals surface area contributed by atoms with Gasteiger partial charge in [-0.05, 0) is 26.0 Å². The van der Waals surface area contributed by atoms with E-state index in [0.717, 1.165) is 5.56 Å². The number of hydrogen-bond donors (Lipinski definition) is 1. The molecule has 0 unspecified atom stereocenters. The Hall–Kier alpha value is -2.67. The molecule has 24 heavy (non-hydrogen) atoms. The lowest BCUT2D eigenvalue weighted by Crippen LogP contribution is -2.40. The summed E-state index contributed by atoms with van der Waals surface area (Å²) in [5.41, 5.74) is 1.59. The first-order valence-corrected chi connectivity index (χ1v) is 7.57. The van der Waals surface area contributed by atoms with Gasteiger partial charge < -0.3 is 19.5 Å². The molecule has 1 aromatic carbocycles. The van der Waals surface area contributed by atoms with E-state index in [1.54, 1.807) is 32.2 Å². The number of anilines is 1. The van der Waals surface area contributed by atoms with Crippen LogP contribution in [0.15, 0.2) is 34.9 Å². The summed E-state index contributed by atoms with van der Waals surface area (Å²) in [6, 6.07) is 8.83. The van der Waals surface area contributed by atoms with Crippen LogP contribution in [0.4, 0.5) is 5.82 Å². The molecule has 2 rings (SSSR count). The number of amides is 2. The molecule has 0 saturated carbocycles. The van der Waals surface area contributed by atoms with E-state index in [0.29, 0.717) is 30.3 Å². The molecule has 0 spiro atoms. The number of nitrogens with one attached hydrogen (secondary N) is 1. The Bertz CT molecular complexity index is 694. The molecule has 0 aliphatic rings. The normalized spacial score (nSPS) is 10.5. The van der Waals surface area contributed by atoms with Crippen LogP contribution in [0.3, 0.4) is 0 Å². The van der Waals surface area contributed by atoms with Crippen molar-refractivity contribution in [1.82, 2.24) is 10.1 Å². The number of aryl methyl sites for hydroxylation is 2. The van der Waals surface area contributed by atoms with E-state index in [4.69, 9.17) is 9.26 Å². The molecular weight excluding hydrogens is 310 g/mol. The van der Waals surface area contributed by atoms with E-state index in [2.05, 4.69) is 10.5 Å². The average Bonchev–Trinajstić information content (AvgIpc) is 2.96. The number of hydrogen-bond acceptors (Lipinski definition) is 5. The van der Waals surface area contributed by atoms with Crippen LogP contribution in [0, 0.1) is 13.8 Å². The number of methoxy groups -OCH3 is 1. The first-order valence-electron chi connectivity index (χ1n) is 7.57. The van der Waals surface area contributed by atoms with E-state index in [1.807, 2.05) is 19.1 Å². The van der Waals surface area contributed by atoms with Crippen molar-refractivity contribution in [2.45, 2.75) is 13.8 Å². The zero-order valence-electron chi connectivity index (χ0n) is 14.0. The molecular formula is C17H21N3O4. The lowest BCUT2D eigenvalue weighted by molar-refractivity contribution is -0.117. The molecule has 0 aliphatic heterocycles. The van der Waals surface area contributed by atoms with Crippen LogP contribution < -0.4 is 5.32 Å². The Kier molecular flexibility index (Phi) is 6.08. The van der Waals surface area contributed by atoms with Gasteiger partial charge in [0.25, 0.3) is 5.91 Å². The minimum absolute atomic E-state index is 0.0953. The summed E-state index contributed by atoms with van der Waals surface area (Å²) in [4.78, 5) is 26.2. The van der Waals surface area contributed by atoms with Gasteiger partial charge in [-0.25, -0.2) is 0 Å². The predicted octanol–water partition coefficient (Wildman–Crippen LogP) is 2.02. The molecule has 1 aromatic heterocycles. The van der Waals surface area contributed by atoms with Crippen LogP contribution >= 0.6 is 0 Å². The molecule has 1 heterocycles. The van der Waals surface area contributed by atoms with Crippen molar-refractivity contribution in [3.8, 4) is 0 Å². The molecule has 2 amide bonds. The fourth-order valence-corrected chi connectivity index (χ4v) is 2.11. The van der Waals surface area contributed by atoms with E-state index >= 15 is 0 Å². The second kappa shape index (κ2) is 8.26. The second-order valence-electron chi connectivity index (χ2n) is 5.46. The van der Waals surface area contributed by atoms with Gasteiger partial charge >= 0.3 is 0 Å². The van der Waals surface area contributed by atoms with Gasteiger partial charge in [0, 0.05) is 25.3 Å². The van der Waals surface area contributed by atoms with Crippen molar-refractivity contribution in [2.75, 3.05) is 32.1 Å². The highest BCUT2D eigenvalue weighted by Gasteiger charge is 2.19. The summed E-state index contributed by atoms with van der Waals surface area (Å²) in [6.07, 6.45) is 0. The van der Waals surface area contributed by atoms with Gasteiger partial charge in [0.05, 0.1) is 6.61 Å². The number of rotatable bonds is 7. The fraction of sp³-hybridized carbons (Fsp3) is 0.353. The van der Waals surface area contributed by atoms with Gasteiger partial charge in [0.2, 0.25) is 5.91 Å². The first kappa shape index (κ1) is 17.7. The molecule has 0 atom stereocenters. The lowest BCUT2D eigenvalue weighted by atomic mass is 10.1. The Labute approximate surface area is 140 Å². The fourth-order valence-electron chi connectivity index (χ4n) is 2.11. The summed E-state index contributed by atoms with van der Waals surface area (Å²) in [5, 5.41) is 6.31. The summed E-state index contributed by atoms with van der Waals surface area (Å²) < 4.78 is 9.93. The summed E-state index contributed by atoms with van der Waals surface area (Å²) in [5.74, 6) is 0.350. The molecule has 2 aromatic rings. The zero-order valence-corrected chi connectivity index (χ0v) is 14.0. The Morgan fingerprint density at radius 1 is 1.25 bits per heavy atom. The second-order valence-corrected chi connectivity index (χ2v) is 5.46.